The van der Waals surface area contributed by atoms with Crippen LogP contribution in [-0.4, -0.2) is 24.0 Å². The molecule has 0 aromatic carbocycles. The molecule has 0 radical (unpaired) electrons. The monoisotopic (exact) mass is 184 g/mol. The van der Waals surface area contributed by atoms with Crippen molar-refractivity contribution >= 4 is 11.8 Å². The third-order valence-corrected chi connectivity index (χ3v) is 3.13. The van der Waals surface area contributed by atoms with Crippen molar-refractivity contribution in [2.45, 2.75) is 12.2 Å². The molecule has 1 fully saturated rings. The van der Waals surface area contributed by atoms with Crippen LogP contribution in [-0.2, 0) is 0 Å². The van der Waals surface area contributed by atoms with Crippen molar-refractivity contribution in [1.82, 2.24) is 10.5 Å². The van der Waals surface area contributed by atoms with Crippen molar-refractivity contribution in [3.8, 4) is 0 Å². The van der Waals surface area contributed by atoms with Crippen molar-refractivity contribution in [2.75, 3.05) is 18.8 Å². The van der Waals surface area contributed by atoms with Gasteiger partial charge in [0.25, 0.3) is 0 Å². The molecule has 1 N–H and O–H groups in total. The minimum atomic E-state index is 0.458. The first kappa shape index (κ1) is 8.13. The summed E-state index contributed by atoms with van der Waals surface area (Å²) < 4.78 is 5.19. The lowest BCUT2D eigenvalue weighted by molar-refractivity contribution is 0.374. The molecule has 0 saturated carbocycles. The fourth-order valence-electron chi connectivity index (χ4n) is 1.28. The Labute approximate surface area is 75.9 Å². The summed E-state index contributed by atoms with van der Waals surface area (Å²) in [7, 11) is 0. The van der Waals surface area contributed by atoms with Gasteiger partial charge in [-0.05, 0) is 6.92 Å². The summed E-state index contributed by atoms with van der Waals surface area (Å²) in [6.45, 7) is 4.06. The summed E-state index contributed by atoms with van der Waals surface area (Å²) in [5.41, 5.74) is 0.969. The number of nitrogens with zero attached hydrogens (tertiary/aromatic N) is 1. The number of aromatic nitrogens is 1. The molecule has 1 atom stereocenters. The van der Waals surface area contributed by atoms with Crippen molar-refractivity contribution in [2.24, 2.45) is 0 Å². The number of aryl methyl sites for hydroxylation is 1. The van der Waals surface area contributed by atoms with Crippen LogP contribution >= 0.6 is 11.8 Å². The average Bonchev–Trinajstić information content (AvgIpc) is 2.54. The van der Waals surface area contributed by atoms with E-state index in [1.165, 1.54) is 0 Å². The van der Waals surface area contributed by atoms with Crippen LogP contribution in [0.25, 0.3) is 0 Å². The molecule has 0 bridgehead atoms. The van der Waals surface area contributed by atoms with E-state index < -0.39 is 0 Å². The Kier molecular flexibility index (Phi) is 2.37. The highest BCUT2D eigenvalue weighted by molar-refractivity contribution is 7.99. The Morgan fingerprint density at radius 1 is 1.75 bits per heavy atom. The molecule has 3 nitrogen and oxygen atoms in total. The molecule has 66 valence electrons. The second-order valence-corrected chi connectivity index (χ2v) is 4.24. The van der Waals surface area contributed by atoms with Gasteiger partial charge < -0.3 is 9.84 Å². The van der Waals surface area contributed by atoms with Crippen LogP contribution < -0.4 is 5.32 Å². The van der Waals surface area contributed by atoms with Gasteiger partial charge in [-0.3, -0.25) is 0 Å². The minimum Gasteiger partial charge on any atom is -0.360 e. The van der Waals surface area contributed by atoms with E-state index >= 15 is 0 Å². The molecule has 1 aliphatic heterocycles. The second kappa shape index (κ2) is 3.49. The SMILES string of the molecule is Cc1cc(C2CNCCS2)on1. The maximum absolute atomic E-state index is 5.19. The standard InChI is InChI=1S/C8H12N2OS/c1-6-4-7(11-10-6)8-5-9-2-3-12-8/h4,8-9H,2-3,5H2,1H3. The Balaban J connectivity index is 2.08. The van der Waals surface area contributed by atoms with E-state index in [9.17, 15) is 0 Å². The largest absolute Gasteiger partial charge is 0.360 e. The minimum absolute atomic E-state index is 0.458. The van der Waals surface area contributed by atoms with Crippen molar-refractivity contribution < 1.29 is 4.52 Å². The predicted molar refractivity (Wildman–Crippen MR) is 49.3 cm³/mol. The van der Waals surface area contributed by atoms with E-state index in [1.54, 1.807) is 0 Å². The maximum atomic E-state index is 5.19. The molecule has 1 aromatic heterocycles. The van der Waals surface area contributed by atoms with Crippen molar-refractivity contribution in [3.63, 3.8) is 0 Å². The first-order valence-corrected chi connectivity index (χ1v) is 5.16. The van der Waals surface area contributed by atoms with Crippen LogP contribution in [0.2, 0.25) is 0 Å². The van der Waals surface area contributed by atoms with Gasteiger partial charge in [-0.2, -0.15) is 0 Å². The van der Waals surface area contributed by atoms with Gasteiger partial charge in [0, 0.05) is 24.9 Å². The van der Waals surface area contributed by atoms with E-state index in [4.69, 9.17) is 4.52 Å². The third kappa shape index (κ3) is 1.64. The molecular formula is C8H12N2OS. The van der Waals surface area contributed by atoms with Gasteiger partial charge >= 0.3 is 0 Å². The summed E-state index contributed by atoms with van der Waals surface area (Å²) in [5.74, 6) is 2.16. The lowest BCUT2D eigenvalue weighted by Gasteiger charge is -2.19. The molecule has 4 heteroatoms. The lowest BCUT2D eigenvalue weighted by atomic mass is 10.3. The van der Waals surface area contributed by atoms with E-state index in [0.717, 1.165) is 30.3 Å². The van der Waals surface area contributed by atoms with Crippen molar-refractivity contribution in [3.05, 3.63) is 17.5 Å². The number of hydrogen-bond acceptors (Lipinski definition) is 4. The van der Waals surface area contributed by atoms with Gasteiger partial charge in [0.05, 0.1) is 10.9 Å². The highest BCUT2D eigenvalue weighted by Crippen LogP contribution is 2.30. The van der Waals surface area contributed by atoms with Crippen LogP contribution in [0.1, 0.15) is 16.7 Å². The molecule has 0 amide bonds. The van der Waals surface area contributed by atoms with Crippen LogP contribution in [0.15, 0.2) is 10.6 Å². The van der Waals surface area contributed by atoms with Gasteiger partial charge in [0.2, 0.25) is 0 Å². The molecular weight excluding hydrogens is 172 g/mol. The van der Waals surface area contributed by atoms with Crippen LogP contribution in [0.5, 0.6) is 0 Å². The first-order chi connectivity index (χ1) is 5.86. The van der Waals surface area contributed by atoms with Gasteiger partial charge in [0.15, 0.2) is 5.76 Å². The fourth-order valence-corrected chi connectivity index (χ4v) is 2.34. The third-order valence-electron chi connectivity index (χ3n) is 1.89. The van der Waals surface area contributed by atoms with E-state index in [0.29, 0.717) is 5.25 Å². The molecule has 1 aliphatic rings. The van der Waals surface area contributed by atoms with E-state index in [-0.39, 0.29) is 0 Å². The highest BCUT2D eigenvalue weighted by atomic mass is 32.2. The fraction of sp³-hybridized carbons (Fsp3) is 0.625. The topological polar surface area (TPSA) is 38.1 Å². The van der Waals surface area contributed by atoms with Gasteiger partial charge in [-0.1, -0.05) is 5.16 Å². The molecule has 1 saturated heterocycles. The normalized spacial score (nSPS) is 24.2. The van der Waals surface area contributed by atoms with Crippen LogP contribution in [0, 0.1) is 6.92 Å². The molecule has 0 spiro atoms. The number of nitrogens with one attached hydrogen (secondary N) is 1. The quantitative estimate of drug-likeness (QED) is 0.715. The molecule has 1 unspecified atom stereocenters. The predicted octanol–water partition coefficient (Wildman–Crippen LogP) is 1.36. The molecule has 12 heavy (non-hydrogen) atoms. The van der Waals surface area contributed by atoms with Gasteiger partial charge in [-0.25, -0.2) is 0 Å². The Morgan fingerprint density at radius 2 is 2.67 bits per heavy atom. The van der Waals surface area contributed by atoms with Crippen molar-refractivity contribution in [1.29, 1.82) is 0 Å². The van der Waals surface area contributed by atoms with Crippen LogP contribution in [0.3, 0.4) is 0 Å². The van der Waals surface area contributed by atoms with Crippen LogP contribution in [0.4, 0.5) is 0 Å². The second-order valence-electron chi connectivity index (χ2n) is 2.93. The maximum Gasteiger partial charge on any atom is 0.151 e. The van der Waals surface area contributed by atoms with E-state index in [1.807, 2.05) is 24.8 Å². The van der Waals surface area contributed by atoms with Gasteiger partial charge in [0.1, 0.15) is 0 Å². The Bertz CT molecular complexity index is 255. The number of rotatable bonds is 1. The highest BCUT2D eigenvalue weighted by Gasteiger charge is 2.19. The Hall–Kier alpha value is -0.480. The summed E-state index contributed by atoms with van der Waals surface area (Å²) in [4.78, 5) is 0. The first-order valence-electron chi connectivity index (χ1n) is 4.12. The molecule has 2 heterocycles. The number of hydrogen-bond donors (Lipinski definition) is 1. The zero-order valence-corrected chi connectivity index (χ0v) is 7.86. The lowest BCUT2D eigenvalue weighted by Crippen LogP contribution is -2.27. The van der Waals surface area contributed by atoms with E-state index in [2.05, 4.69) is 10.5 Å². The zero-order valence-electron chi connectivity index (χ0n) is 7.04. The summed E-state index contributed by atoms with van der Waals surface area (Å²) in [5, 5.41) is 7.67. The summed E-state index contributed by atoms with van der Waals surface area (Å²) >= 11 is 1.93. The summed E-state index contributed by atoms with van der Waals surface area (Å²) in [6, 6.07) is 2.02. The number of thioether (sulfide) groups is 1. The Morgan fingerprint density at radius 3 is 3.25 bits per heavy atom. The van der Waals surface area contributed by atoms with Gasteiger partial charge in [-0.15, -0.1) is 11.8 Å². The molecule has 2 rings (SSSR count). The smallest absolute Gasteiger partial charge is 0.151 e. The zero-order chi connectivity index (χ0) is 8.39. The molecule has 1 aromatic rings. The summed E-state index contributed by atoms with van der Waals surface area (Å²) in [6.07, 6.45) is 0. The molecule has 0 aliphatic carbocycles. The average molecular weight is 184 g/mol.